The normalized spacial score (nSPS) is 7.87. The average molecular weight is 1550 g/mol. The van der Waals surface area contributed by atoms with Gasteiger partial charge >= 0.3 is 47.3 Å². The number of hydrogen-bond acceptors (Lipinski definition) is 11. The summed E-state index contributed by atoms with van der Waals surface area (Å²) in [4.78, 5) is 53.3. The van der Waals surface area contributed by atoms with E-state index in [0.717, 1.165) is 5.69 Å². The summed E-state index contributed by atoms with van der Waals surface area (Å²) < 4.78 is 76.9. The van der Waals surface area contributed by atoms with E-state index in [0.29, 0.717) is 42.7 Å². The molecule has 4 aromatic rings. The Morgan fingerprint density at radius 2 is 0.635 bits per heavy atom. The second-order valence-corrected chi connectivity index (χ2v) is 21.5. The minimum absolute atomic E-state index is 0. The van der Waals surface area contributed by atoms with E-state index in [2.05, 4.69) is 44.6 Å². The molecular formula is C60H142BClI2N5O13S3-. The summed E-state index contributed by atoms with van der Waals surface area (Å²) in [6, 6.07) is 26.4. The fraction of sp³-hybridized carbons (Fsp3) is 0.517. The molecule has 0 unspecified atom stereocenters. The Balaban J connectivity index is -0.0000000208. The molecule has 528 valence electrons. The van der Waals surface area contributed by atoms with Crippen molar-refractivity contribution >= 4 is 117 Å². The monoisotopic (exact) mass is 1550 g/mol. The number of aliphatic carboxylic acids is 1. The summed E-state index contributed by atoms with van der Waals surface area (Å²) in [7, 11) is -4.79. The van der Waals surface area contributed by atoms with E-state index in [1.807, 2.05) is 37.3 Å². The SMILES string of the molecule is C.C.C.C.C.C.C.C.C.C.C.C.C.C.C.C.C.C.C.C.CCC(=O)Nc1ccc(S(=O)(=O)Cl)cc1.CCC(=O)Nc1ccc(S(=O)(=O)NC)cc1.CCC(=O)Nc1ccc(S(=O)(=O)O)cc1.CCC(=O)Nc1ccccc1.CCC(=O)O.[3HH].[3HH].[3HH].[3HH].[3HH].[B][I-]I. The number of amides is 4. The van der Waals surface area contributed by atoms with Gasteiger partial charge in [-0.2, -0.15) is 8.42 Å². The summed E-state index contributed by atoms with van der Waals surface area (Å²) in [6.07, 6.45) is 1.85. The predicted octanol–water partition coefficient (Wildman–Crippen LogP) is 18.2. The maximum absolute atomic E-state index is 11.4. The number of carboxylic acids is 1. The maximum atomic E-state index is 11.4. The number of rotatable bonds is 13. The van der Waals surface area contributed by atoms with Gasteiger partial charge in [0, 0.05) is 72.7 Å². The first-order valence-electron chi connectivity index (χ1n) is 18.9. The van der Waals surface area contributed by atoms with Gasteiger partial charge in [0.15, 0.2) is 0 Å². The van der Waals surface area contributed by atoms with Gasteiger partial charge in [-0.25, -0.2) is 21.6 Å². The quantitative estimate of drug-likeness (QED) is 0.0284. The van der Waals surface area contributed by atoms with Crippen molar-refractivity contribution in [3.8, 4) is 0 Å². The second-order valence-electron chi connectivity index (χ2n) is 12.0. The number of carbonyl (C=O) groups is 5. The van der Waals surface area contributed by atoms with Crippen LogP contribution in [0, 0.1) is 0 Å². The fourth-order valence-corrected chi connectivity index (χ4v) is 5.75. The van der Waals surface area contributed by atoms with Crippen LogP contribution in [0.5, 0.6) is 0 Å². The Bertz CT molecular complexity index is 2350. The number of hydrogen-bond donors (Lipinski definition) is 7. The average Bonchev–Trinajstić information content (AvgIpc) is 3.27. The second kappa shape index (κ2) is 81.9. The van der Waals surface area contributed by atoms with Gasteiger partial charge in [-0.15, -0.1) is 0 Å². The summed E-state index contributed by atoms with van der Waals surface area (Å²) in [6.45, 7) is 8.62. The molecule has 4 amide bonds. The van der Waals surface area contributed by atoms with Crippen molar-refractivity contribution in [3.63, 3.8) is 0 Å². The van der Waals surface area contributed by atoms with Gasteiger partial charge in [-0.1, -0.05) is 201 Å². The summed E-state index contributed by atoms with van der Waals surface area (Å²) >= 11 is 2.24. The van der Waals surface area contributed by atoms with Crippen LogP contribution in [-0.4, -0.2) is 77.3 Å². The number of nitrogens with one attached hydrogen (secondary N) is 5. The molecule has 0 spiro atoms. The molecule has 0 atom stereocenters. The van der Waals surface area contributed by atoms with E-state index in [4.69, 9.17) is 26.0 Å². The van der Waals surface area contributed by atoms with E-state index in [1.54, 1.807) is 39.8 Å². The van der Waals surface area contributed by atoms with Gasteiger partial charge in [0.1, 0.15) is 0 Å². The minimum atomic E-state index is -4.17. The van der Waals surface area contributed by atoms with Crippen molar-refractivity contribution in [2.45, 2.75) is 230 Å². The van der Waals surface area contributed by atoms with Crippen molar-refractivity contribution in [1.29, 1.82) is 0 Å². The first-order chi connectivity index (χ1) is 30.4. The molecule has 2 radical (unpaired) electrons. The van der Waals surface area contributed by atoms with Gasteiger partial charge in [-0.05, 0) is 92.0 Å². The van der Waals surface area contributed by atoms with Gasteiger partial charge in [0.25, 0.3) is 19.2 Å². The molecule has 4 rings (SSSR count). The number of sulfonamides is 1. The molecule has 0 heterocycles. The molecule has 0 bridgehead atoms. The molecule has 0 aliphatic rings. The van der Waals surface area contributed by atoms with E-state index >= 15 is 0 Å². The number of carboxylic acid groups (broad SMARTS) is 1. The van der Waals surface area contributed by atoms with Crippen molar-refractivity contribution in [2.24, 2.45) is 0 Å². The molecule has 0 aliphatic heterocycles. The molecule has 0 fully saturated rings. The van der Waals surface area contributed by atoms with Crippen LogP contribution in [-0.2, 0) is 53.2 Å². The standard InChI is InChI=1S/C10H14N2O3S.C9H10ClNO3S.C9H11NO4S.C9H11NO.C3H6O2.20CH4.BI2.5H2/c1-3-10(13)12-8-4-6-9(7-5-8)16(14,15)11-2;1-2-9(12)11-7-3-5-8(6-4-7)15(10,13)14;1-2-9(11)10-7-3-5-8(6-4-7)15(12,13)14;1-2-9(11)10-8-6-4-3-5-7-8;1-2-3(4)5;;;;;;;;;;;;;;;;;;;;;1-3-2;;;;;/h4-7,11H,3H2,1-2H3,(H,12,13);3-6H,2H2,1H3,(H,11,12);3-6H,2H2,1H3,(H,10,11)(H,12,13,14);3-7H,2H2,1H3,(H,10,11);2H2,1H3,(H,4,5);20*1H4;;5*1H/q;;;;;;;;;;;;;;;;;;;;;;;;;-1;;;;;/i;;;;;;;;;;;;;;;;;;;;;;;;;;5*1+2. The van der Waals surface area contributed by atoms with Gasteiger partial charge in [0.05, 0.1) is 14.7 Å². The third kappa shape index (κ3) is 74.0. The Kier molecular flexibility index (Phi) is 143. The van der Waals surface area contributed by atoms with Crippen molar-refractivity contribution < 1.29 is 83.0 Å². The van der Waals surface area contributed by atoms with Crippen molar-refractivity contribution in [3.05, 3.63) is 103 Å². The molecular weight excluding hydrogens is 1390 g/mol. The number of para-hydroxylation sites is 1. The molecule has 0 saturated carbocycles. The third-order valence-corrected chi connectivity index (χ3v) is 10.9. The summed E-state index contributed by atoms with van der Waals surface area (Å²) in [5.74, 6) is -1.09. The van der Waals surface area contributed by atoms with Crippen LogP contribution in [0.25, 0.3) is 0 Å². The van der Waals surface area contributed by atoms with Crippen LogP contribution in [0.15, 0.2) is 118 Å². The van der Waals surface area contributed by atoms with E-state index in [9.17, 15) is 49.2 Å². The Labute approximate surface area is 561 Å². The molecule has 25 heteroatoms. The van der Waals surface area contributed by atoms with Crippen LogP contribution in [0.4, 0.5) is 22.7 Å². The van der Waals surface area contributed by atoms with E-state index < -0.39 is 35.2 Å². The molecule has 85 heavy (non-hydrogen) atoms. The Hall–Kier alpha value is -4.19. The van der Waals surface area contributed by atoms with Crippen LogP contribution >= 0.6 is 29.3 Å². The van der Waals surface area contributed by atoms with Crippen LogP contribution in [0.1, 0.15) is 222 Å². The molecule has 7 N–H and O–H groups in total. The molecule has 0 saturated heterocycles. The third-order valence-electron chi connectivity index (χ3n) is 7.22. The van der Waals surface area contributed by atoms with Crippen molar-refractivity contribution in [2.75, 3.05) is 28.3 Å². The van der Waals surface area contributed by atoms with Gasteiger partial charge in [-0.3, -0.25) is 28.5 Å². The van der Waals surface area contributed by atoms with Crippen molar-refractivity contribution in [1.82, 2.24) is 4.72 Å². The molecule has 0 aromatic heterocycles. The van der Waals surface area contributed by atoms with Gasteiger partial charge < -0.3 is 26.4 Å². The summed E-state index contributed by atoms with van der Waals surface area (Å²) in [5, 5.41) is 18.3. The fourth-order valence-electron chi connectivity index (χ4n) is 3.77. The molecule has 0 aliphatic carbocycles. The van der Waals surface area contributed by atoms with Crippen LogP contribution in [0.2, 0.25) is 0 Å². The van der Waals surface area contributed by atoms with E-state index in [1.165, 1.54) is 67.7 Å². The Morgan fingerprint density at radius 3 is 0.812 bits per heavy atom. The Morgan fingerprint density at radius 1 is 0.435 bits per heavy atom. The zero-order chi connectivity index (χ0) is 50.2. The van der Waals surface area contributed by atoms with Crippen LogP contribution < -0.4 is 43.0 Å². The van der Waals surface area contributed by atoms with E-state index in [-0.39, 0.29) is 217 Å². The van der Waals surface area contributed by atoms with Gasteiger partial charge in [0.2, 0.25) is 33.7 Å². The molecule has 18 nitrogen and oxygen atoms in total. The van der Waals surface area contributed by atoms with Crippen LogP contribution in [0.3, 0.4) is 0 Å². The topological polar surface area (TPSA) is 288 Å². The number of halogens is 3. The number of carbonyl (C=O) groups excluding carboxylic acids is 4. The molecule has 4 aromatic carbocycles. The summed E-state index contributed by atoms with van der Waals surface area (Å²) in [5.41, 5.74) is 7.43. The zero-order valence-corrected chi connectivity index (χ0v) is 43.7. The number of anilines is 4. The number of benzene rings is 4. The zero-order valence-electron chi connectivity index (χ0n) is 36.2. The first kappa shape index (κ1) is 149. The predicted molar refractivity (Wildman–Crippen MR) is 403 cm³/mol. The first-order valence-corrected chi connectivity index (χ1v) is 31.7.